The molecule has 0 saturated carbocycles. The smallest absolute Gasteiger partial charge is 0.375 e. The zero-order valence-electron chi connectivity index (χ0n) is 17.6. The van der Waals surface area contributed by atoms with Gasteiger partial charge in [0.25, 0.3) is 0 Å². The van der Waals surface area contributed by atoms with Gasteiger partial charge in [-0.25, -0.2) is 19.5 Å². The van der Waals surface area contributed by atoms with Gasteiger partial charge in [-0.1, -0.05) is 48.5 Å². The largest absolute Gasteiger partial charge is 0.469 e. The van der Waals surface area contributed by atoms with Gasteiger partial charge in [-0.2, -0.15) is 0 Å². The number of nitrogens with zero attached hydrogens (tertiary/aromatic N) is 4. The number of halogens is 1. The minimum absolute atomic E-state index is 0.0574. The number of hydrogen-bond acceptors (Lipinski definition) is 10. The fraction of sp³-hybridized carbons (Fsp3) is 0.444. The summed E-state index contributed by atoms with van der Waals surface area (Å²) < 4.78 is 16.6. The normalized spacial score (nSPS) is 14.1. The van der Waals surface area contributed by atoms with E-state index in [0.717, 1.165) is 5.69 Å². The van der Waals surface area contributed by atoms with Crippen molar-refractivity contribution in [2.75, 3.05) is 17.7 Å². The van der Waals surface area contributed by atoms with Crippen LogP contribution in [0.3, 0.4) is 0 Å². The fourth-order valence-corrected chi connectivity index (χ4v) is 5.01. The highest BCUT2D eigenvalue weighted by Crippen LogP contribution is 2.38. The number of nitrogens with two attached hydrogens (primary N) is 1. The minimum atomic E-state index is -4.60. The predicted octanol–water partition coefficient (Wildman–Crippen LogP) is 4.51. The molecule has 0 radical (unpaired) electrons. The van der Waals surface area contributed by atoms with Gasteiger partial charge in [0, 0.05) is 6.20 Å². The zero-order chi connectivity index (χ0) is 23.5. The summed E-state index contributed by atoms with van der Waals surface area (Å²) in [7, 11) is -4.60. The highest BCUT2D eigenvalue weighted by molar-refractivity contribution is 7.99. The Morgan fingerprint density at radius 3 is 2.66 bits per heavy atom. The molecular formula is C18H24ClN6O4PS2. The van der Waals surface area contributed by atoms with Crippen LogP contribution in [0.4, 0.5) is 10.9 Å². The predicted molar refractivity (Wildman–Crippen MR) is 128 cm³/mol. The maximum absolute atomic E-state index is 11.2. The minimum Gasteiger partial charge on any atom is -0.375 e. The molecule has 14 heteroatoms. The number of nitrogen functional groups attached to an aromatic ring is 1. The third kappa shape index (κ3) is 7.24. The van der Waals surface area contributed by atoms with Crippen LogP contribution in [0.15, 0.2) is 23.5 Å². The van der Waals surface area contributed by atoms with Gasteiger partial charge < -0.3 is 20.8 Å². The molecule has 0 amide bonds. The Labute approximate surface area is 198 Å². The topological polar surface area (TPSA) is 156 Å². The number of pyridine rings is 1. The van der Waals surface area contributed by atoms with E-state index in [-0.39, 0.29) is 17.8 Å². The first kappa shape index (κ1) is 25.1. The van der Waals surface area contributed by atoms with Crippen molar-refractivity contribution in [3.8, 4) is 0 Å². The Balaban J connectivity index is 1.88. The molecule has 0 aliphatic heterocycles. The van der Waals surface area contributed by atoms with Gasteiger partial charge in [0.15, 0.2) is 21.8 Å². The second-order valence-corrected chi connectivity index (χ2v) is 11.5. The number of fused-ring (bicyclic) bond motifs is 1. The average molecular weight is 519 g/mol. The quantitative estimate of drug-likeness (QED) is 0.170. The molecule has 3 aromatic rings. The number of rotatable bonds is 10. The number of phosphoric ester groups is 1. The molecule has 0 fully saturated rings. The van der Waals surface area contributed by atoms with Crippen LogP contribution < -0.4 is 11.1 Å². The maximum Gasteiger partial charge on any atom is 0.469 e. The summed E-state index contributed by atoms with van der Waals surface area (Å²) in [5, 5.41) is 4.56. The summed E-state index contributed by atoms with van der Waals surface area (Å²) in [5.41, 5.74) is 7.17. The molecule has 0 bridgehead atoms. The molecule has 3 rings (SSSR count). The van der Waals surface area contributed by atoms with E-state index in [0.29, 0.717) is 37.9 Å². The summed E-state index contributed by atoms with van der Waals surface area (Å²) >= 11 is 8.56. The lowest BCUT2D eigenvalue weighted by molar-refractivity contribution is 0.184. The summed E-state index contributed by atoms with van der Waals surface area (Å²) in [5.74, 6) is 0.740. The summed E-state index contributed by atoms with van der Waals surface area (Å²) in [6.07, 6.45) is 2.19. The first-order valence-electron chi connectivity index (χ1n) is 9.69. The number of thioether (sulfide) groups is 1. The molecule has 174 valence electrons. The van der Waals surface area contributed by atoms with E-state index in [1.165, 1.54) is 23.1 Å². The van der Waals surface area contributed by atoms with E-state index in [2.05, 4.69) is 25.3 Å². The lowest BCUT2D eigenvalue weighted by atomic mass is 10.0. The number of hydrogen-bond donors (Lipinski definition) is 4. The fourth-order valence-electron chi connectivity index (χ4n) is 2.94. The van der Waals surface area contributed by atoms with Gasteiger partial charge in [0.05, 0.1) is 28.6 Å². The third-order valence-electron chi connectivity index (χ3n) is 4.24. The summed E-state index contributed by atoms with van der Waals surface area (Å²) in [6.45, 7) is 5.81. The molecule has 3 heterocycles. The van der Waals surface area contributed by atoms with Crippen LogP contribution in [-0.4, -0.2) is 42.4 Å². The molecule has 10 nitrogen and oxygen atoms in total. The highest BCUT2D eigenvalue weighted by atomic mass is 35.5. The Morgan fingerprint density at radius 1 is 1.28 bits per heavy atom. The number of thiazole rings is 1. The molecule has 0 aliphatic carbocycles. The number of aromatic nitrogens is 4. The first-order chi connectivity index (χ1) is 15.0. The van der Waals surface area contributed by atoms with E-state index >= 15 is 0 Å². The van der Waals surface area contributed by atoms with Gasteiger partial charge >= 0.3 is 7.82 Å². The van der Waals surface area contributed by atoms with Crippen LogP contribution >= 0.6 is 42.5 Å². The van der Waals surface area contributed by atoms with Crippen molar-refractivity contribution in [2.24, 2.45) is 5.92 Å². The molecular weight excluding hydrogens is 495 g/mol. The molecule has 0 aliphatic rings. The van der Waals surface area contributed by atoms with Crippen molar-refractivity contribution in [1.82, 2.24) is 19.9 Å². The first-order valence-corrected chi connectivity index (χ1v) is 13.3. The number of nitrogens with one attached hydrogen (secondary N) is 1. The van der Waals surface area contributed by atoms with Gasteiger partial charge in [0.1, 0.15) is 4.70 Å². The Morgan fingerprint density at radius 2 is 2.03 bits per heavy atom. The molecule has 0 aromatic carbocycles. The van der Waals surface area contributed by atoms with E-state index in [4.69, 9.17) is 31.6 Å². The number of anilines is 2. The Kier molecular flexibility index (Phi) is 8.31. The molecule has 2 atom stereocenters. The van der Waals surface area contributed by atoms with Crippen LogP contribution in [0.25, 0.3) is 10.3 Å². The van der Waals surface area contributed by atoms with E-state index < -0.39 is 13.9 Å². The van der Waals surface area contributed by atoms with Crippen molar-refractivity contribution in [3.63, 3.8) is 0 Å². The van der Waals surface area contributed by atoms with E-state index in [1.807, 2.05) is 26.8 Å². The van der Waals surface area contributed by atoms with Crippen LogP contribution in [0, 0.1) is 5.92 Å². The Hall–Kier alpha value is -1.53. The third-order valence-corrected chi connectivity index (χ3v) is 6.82. The summed E-state index contributed by atoms with van der Waals surface area (Å²) in [4.78, 5) is 36.0. The molecule has 1 unspecified atom stereocenters. The van der Waals surface area contributed by atoms with E-state index in [1.54, 1.807) is 12.3 Å². The van der Waals surface area contributed by atoms with Crippen LogP contribution in [0.1, 0.15) is 38.1 Å². The van der Waals surface area contributed by atoms with E-state index in [9.17, 15) is 4.57 Å². The highest BCUT2D eigenvalue weighted by Gasteiger charge is 2.22. The van der Waals surface area contributed by atoms with Crippen LogP contribution in [0.5, 0.6) is 0 Å². The molecule has 0 saturated heterocycles. The Bertz CT molecular complexity index is 1110. The zero-order valence-corrected chi connectivity index (χ0v) is 20.9. The van der Waals surface area contributed by atoms with Crippen molar-refractivity contribution in [2.45, 2.75) is 43.6 Å². The SMILES string of the molecule is CC(C)C[C@H](COP(=O)(O)O)Nc1nc(SC(C)c2ccc(Cl)cn2)nc2nc(N)sc12. The molecule has 0 spiro atoms. The molecule has 32 heavy (non-hydrogen) atoms. The van der Waals surface area contributed by atoms with Crippen molar-refractivity contribution in [3.05, 3.63) is 29.0 Å². The molecule has 3 aromatic heterocycles. The van der Waals surface area contributed by atoms with Crippen LogP contribution in [-0.2, 0) is 9.09 Å². The van der Waals surface area contributed by atoms with Crippen molar-refractivity contribution < 1.29 is 18.9 Å². The van der Waals surface area contributed by atoms with Gasteiger partial charge in [-0.3, -0.25) is 9.51 Å². The lowest BCUT2D eigenvalue weighted by Crippen LogP contribution is -2.27. The lowest BCUT2D eigenvalue weighted by Gasteiger charge is -2.22. The van der Waals surface area contributed by atoms with Gasteiger partial charge in [0.2, 0.25) is 0 Å². The van der Waals surface area contributed by atoms with Crippen molar-refractivity contribution >= 4 is 63.8 Å². The van der Waals surface area contributed by atoms with Gasteiger partial charge in [-0.15, -0.1) is 0 Å². The van der Waals surface area contributed by atoms with Crippen LogP contribution in [0.2, 0.25) is 5.02 Å². The summed E-state index contributed by atoms with van der Waals surface area (Å²) in [6, 6.07) is 3.23. The second kappa shape index (κ2) is 10.6. The monoisotopic (exact) mass is 518 g/mol. The standard InChI is InChI=1S/C18H24ClN6O4PS2/c1-9(2)6-12(8-29-30(26,27)28)22-15-14-16(23-17(20)32-14)25-18(24-15)31-10(3)13-5-4-11(19)7-21-13/h4-5,7,9-10,12H,6,8H2,1-3H3,(H2,26,27,28)(H3,20,22,23,24,25)/t10?,12-/m1/s1. The maximum atomic E-state index is 11.2. The number of phosphoric acid groups is 1. The second-order valence-electron chi connectivity index (χ2n) is 7.48. The molecule has 5 N–H and O–H groups in total. The van der Waals surface area contributed by atoms with Crippen molar-refractivity contribution in [1.29, 1.82) is 0 Å². The average Bonchev–Trinajstić information content (AvgIpc) is 3.06. The van der Waals surface area contributed by atoms with Gasteiger partial charge in [-0.05, 0) is 31.4 Å².